The molecule has 0 N–H and O–H groups in total. The Morgan fingerprint density at radius 2 is 1.66 bits per heavy atom. The van der Waals surface area contributed by atoms with Crippen molar-refractivity contribution in [2.75, 3.05) is 0 Å². The fourth-order valence-corrected chi connectivity index (χ4v) is 5.65. The quantitative estimate of drug-likeness (QED) is 0.268. The highest BCUT2D eigenvalue weighted by Gasteiger charge is 2.17. The molecule has 1 atom stereocenters. The summed E-state index contributed by atoms with van der Waals surface area (Å²) >= 11 is 9.99. The molecule has 0 aliphatic heterocycles. The van der Waals surface area contributed by atoms with Crippen LogP contribution in [0.4, 0.5) is 0 Å². The average Bonchev–Trinajstić information content (AvgIpc) is 3.40. The van der Waals surface area contributed by atoms with E-state index in [0.29, 0.717) is 5.15 Å². The van der Waals surface area contributed by atoms with Crippen molar-refractivity contribution < 1.29 is 0 Å². The molecule has 0 saturated heterocycles. The molecule has 1 aromatic carbocycles. The van der Waals surface area contributed by atoms with E-state index in [9.17, 15) is 0 Å². The Balaban J connectivity index is 1.60. The van der Waals surface area contributed by atoms with Crippen molar-refractivity contribution in [1.29, 1.82) is 0 Å². The van der Waals surface area contributed by atoms with Gasteiger partial charge in [-0.2, -0.15) is 0 Å². The second-order valence-electron chi connectivity index (χ2n) is 7.17. The van der Waals surface area contributed by atoms with E-state index in [0.717, 1.165) is 34.3 Å². The van der Waals surface area contributed by atoms with Crippen LogP contribution in [0.25, 0.3) is 31.7 Å². The summed E-state index contributed by atoms with van der Waals surface area (Å²) < 4.78 is 2.42. The molecule has 1 unspecified atom stereocenters. The zero-order chi connectivity index (χ0) is 20.0. The second kappa shape index (κ2) is 7.52. The van der Waals surface area contributed by atoms with Crippen molar-refractivity contribution in [3.8, 4) is 11.3 Å². The van der Waals surface area contributed by atoms with Crippen LogP contribution < -0.4 is 0 Å². The Labute approximate surface area is 182 Å². The third-order valence-corrected chi connectivity index (χ3v) is 7.45. The number of nitrogens with zero attached hydrogens (tertiary/aromatic N) is 2. The summed E-state index contributed by atoms with van der Waals surface area (Å²) in [6.07, 6.45) is 0.959. The molecule has 2 nitrogen and oxygen atoms in total. The lowest BCUT2D eigenvalue weighted by atomic mass is 9.91. The van der Waals surface area contributed by atoms with Gasteiger partial charge in [-0.05, 0) is 64.2 Å². The van der Waals surface area contributed by atoms with Crippen LogP contribution in [-0.2, 0) is 6.42 Å². The van der Waals surface area contributed by atoms with Gasteiger partial charge in [0.1, 0.15) is 5.15 Å². The number of hydrogen-bond acceptors (Lipinski definition) is 4. The first-order chi connectivity index (χ1) is 14.1. The molecule has 0 spiro atoms. The average molecular weight is 435 g/mol. The summed E-state index contributed by atoms with van der Waals surface area (Å²) in [5, 5.41) is 4.75. The molecule has 0 fully saturated rings. The molecule has 0 aliphatic carbocycles. The van der Waals surface area contributed by atoms with Crippen molar-refractivity contribution in [3.63, 3.8) is 0 Å². The third-order valence-electron chi connectivity index (χ3n) is 5.44. The molecule has 144 valence electrons. The molecule has 5 heteroatoms. The lowest BCUT2D eigenvalue weighted by Gasteiger charge is -2.16. The van der Waals surface area contributed by atoms with Crippen LogP contribution in [0.2, 0.25) is 5.15 Å². The van der Waals surface area contributed by atoms with Gasteiger partial charge in [-0.15, -0.1) is 22.7 Å². The van der Waals surface area contributed by atoms with E-state index >= 15 is 0 Å². The van der Waals surface area contributed by atoms with E-state index in [4.69, 9.17) is 16.6 Å². The molecule has 0 saturated carbocycles. The van der Waals surface area contributed by atoms with Gasteiger partial charge in [0.25, 0.3) is 0 Å². The topological polar surface area (TPSA) is 25.8 Å². The number of rotatable bonds is 4. The summed E-state index contributed by atoms with van der Waals surface area (Å²) in [6.45, 7) is 4.38. The molecule has 0 radical (unpaired) electrons. The first kappa shape index (κ1) is 18.7. The zero-order valence-electron chi connectivity index (χ0n) is 16.1. The number of aromatic nitrogens is 2. The van der Waals surface area contributed by atoms with E-state index in [1.807, 2.05) is 6.07 Å². The van der Waals surface area contributed by atoms with Gasteiger partial charge in [-0.1, -0.05) is 43.6 Å². The van der Waals surface area contributed by atoms with Crippen LogP contribution in [0, 0.1) is 0 Å². The fraction of sp³-hybridized carbons (Fsp3) is 0.167. The van der Waals surface area contributed by atoms with Gasteiger partial charge >= 0.3 is 0 Å². The lowest BCUT2D eigenvalue weighted by molar-refractivity contribution is 0.917. The number of hydrogen-bond donors (Lipinski definition) is 0. The molecular weight excluding hydrogens is 416 g/mol. The van der Waals surface area contributed by atoms with Gasteiger partial charge < -0.3 is 0 Å². The number of halogens is 1. The molecular formula is C24H19ClN2S2. The van der Waals surface area contributed by atoms with Crippen molar-refractivity contribution >= 4 is 54.7 Å². The minimum Gasteiger partial charge on any atom is -0.247 e. The monoisotopic (exact) mass is 434 g/mol. The molecule has 0 amide bonds. The molecule has 0 aliphatic rings. The normalized spacial score (nSPS) is 12.7. The van der Waals surface area contributed by atoms with Crippen LogP contribution >= 0.6 is 34.3 Å². The van der Waals surface area contributed by atoms with Gasteiger partial charge in [-0.3, -0.25) is 0 Å². The van der Waals surface area contributed by atoms with Crippen LogP contribution in [0.3, 0.4) is 0 Å². The predicted octanol–water partition coefficient (Wildman–Crippen LogP) is 7.94. The number of aryl methyl sites for hydroxylation is 1. The van der Waals surface area contributed by atoms with Gasteiger partial charge in [0, 0.05) is 11.5 Å². The molecule has 4 heterocycles. The number of thiophene rings is 2. The van der Waals surface area contributed by atoms with E-state index in [2.05, 4.69) is 72.1 Å². The van der Waals surface area contributed by atoms with E-state index in [1.165, 1.54) is 20.5 Å². The van der Waals surface area contributed by atoms with E-state index in [-0.39, 0.29) is 5.92 Å². The smallest absolute Gasteiger partial charge is 0.133 e. The second-order valence-corrected chi connectivity index (χ2v) is 9.43. The first-order valence-corrected chi connectivity index (χ1v) is 11.8. The number of pyridine rings is 2. The highest BCUT2D eigenvalue weighted by atomic mass is 35.5. The van der Waals surface area contributed by atoms with Crippen molar-refractivity contribution in [2.24, 2.45) is 0 Å². The van der Waals surface area contributed by atoms with Crippen molar-refractivity contribution in [3.05, 3.63) is 81.1 Å². The minimum atomic E-state index is 0.149. The standard InChI is InChI=1S/C24H19ClN2S2/c1-3-15-12-21-19(7-9-28-21)26-23(15)17-6-4-5-16(11-17)14(2)18-13-22-20(8-10-29-22)27-24(18)25/h4-14H,3H2,1-2H3. The fourth-order valence-electron chi connectivity index (χ4n) is 3.78. The summed E-state index contributed by atoms with van der Waals surface area (Å²) in [6, 6.07) is 17.3. The van der Waals surface area contributed by atoms with Gasteiger partial charge in [-0.25, -0.2) is 9.97 Å². The number of fused-ring (bicyclic) bond motifs is 2. The maximum Gasteiger partial charge on any atom is 0.133 e. The third kappa shape index (κ3) is 3.35. The van der Waals surface area contributed by atoms with Gasteiger partial charge in [0.2, 0.25) is 0 Å². The van der Waals surface area contributed by atoms with Gasteiger partial charge in [0.15, 0.2) is 0 Å². The summed E-state index contributed by atoms with van der Waals surface area (Å²) in [5.41, 5.74) is 7.82. The Morgan fingerprint density at radius 3 is 2.41 bits per heavy atom. The first-order valence-electron chi connectivity index (χ1n) is 9.65. The Hall–Kier alpha value is -2.27. The lowest BCUT2D eigenvalue weighted by Crippen LogP contribution is -2.00. The molecule has 29 heavy (non-hydrogen) atoms. The molecule has 4 aromatic heterocycles. The summed E-state index contributed by atoms with van der Waals surface area (Å²) in [4.78, 5) is 9.56. The summed E-state index contributed by atoms with van der Waals surface area (Å²) in [7, 11) is 0. The Bertz CT molecular complexity index is 1340. The minimum absolute atomic E-state index is 0.149. The van der Waals surface area contributed by atoms with E-state index in [1.54, 1.807) is 22.7 Å². The highest BCUT2D eigenvalue weighted by molar-refractivity contribution is 7.17. The molecule has 5 aromatic rings. The van der Waals surface area contributed by atoms with Crippen LogP contribution in [-0.4, -0.2) is 9.97 Å². The summed E-state index contributed by atoms with van der Waals surface area (Å²) in [5.74, 6) is 0.149. The SMILES string of the molecule is CCc1cc2sccc2nc1-c1cccc(C(C)c2cc3sccc3nc2Cl)c1. The van der Waals surface area contributed by atoms with Crippen molar-refractivity contribution in [2.45, 2.75) is 26.2 Å². The maximum absolute atomic E-state index is 6.54. The predicted molar refractivity (Wildman–Crippen MR) is 127 cm³/mol. The molecule has 0 bridgehead atoms. The van der Waals surface area contributed by atoms with Crippen LogP contribution in [0.1, 0.15) is 36.5 Å². The maximum atomic E-state index is 6.54. The van der Waals surface area contributed by atoms with E-state index < -0.39 is 0 Å². The van der Waals surface area contributed by atoms with Gasteiger partial charge in [0.05, 0.1) is 26.1 Å². The number of benzene rings is 1. The zero-order valence-corrected chi connectivity index (χ0v) is 18.5. The van der Waals surface area contributed by atoms with Crippen LogP contribution in [0.5, 0.6) is 0 Å². The molecule has 5 rings (SSSR count). The highest BCUT2D eigenvalue weighted by Crippen LogP contribution is 2.35. The Kier molecular flexibility index (Phi) is 4.86. The Morgan fingerprint density at radius 1 is 0.931 bits per heavy atom. The largest absolute Gasteiger partial charge is 0.247 e. The van der Waals surface area contributed by atoms with Crippen molar-refractivity contribution in [1.82, 2.24) is 9.97 Å². The van der Waals surface area contributed by atoms with Crippen LogP contribution in [0.15, 0.2) is 59.3 Å².